The first kappa shape index (κ1) is 16.4. The topological polar surface area (TPSA) is 41.1 Å². The van der Waals surface area contributed by atoms with Gasteiger partial charge >= 0.3 is 6.03 Å². The highest BCUT2D eigenvalue weighted by Crippen LogP contribution is 2.24. The molecule has 0 bridgehead atoms. The average molecular weight is 314 g/mol. The summed E-state index contributed by atoms with van der Waals surface area (Å²) in [6.07, 6.45) is 2.03. The van der Waals surface area contributed by atoms with Crippen LogP contribution in [0.2, 0.25) is 0 Å². The van der Waals surface area contributed by atoms with Gasteiger partial charge in [0.15, 0.2) is 0 Å². The number of carbonyl (C=O) groups is 1. The minimum atomic E-state index is -0.233. The van der Waals surface area contributed by atoms with E-state index >= 15 is 0 Å². The molecule has 0 atom stereocenters. The number of benzene rings is 2. The Morgan fingerprint density at radius 2 is 1.59 bits per heavy atom. The maximum atomic E-state index is 12.1. The third-order valence-corrected chi connectivity index (χ3v) is 4.08. The number of hydrogen-bond donors (Lipinski definition) is 2. The maximum absolute atomic E-state index is 12.1. The van der Waals surface area contributed by atoms with Gasteiger partial charge in [0.25, 0.3) is 0 Å². The van der Waals surface area contributed by atoms with Crippen molar-refractivity contribution in [3.8, 4) is 0 Å². The van der Waals surface area contributed by atoms with Crippen molar-refractivity contribution in [1.29, 1.82) is 0 Å². The van der Waals surface area contributed by atoms with Gasteiger partial charge in [-0.15, -0.1) is 11.8 Å². The molecule has 0 spiro atoms. The standard InChI is InChI=1S/C18H22N2OS/c1-18(2,3)13-6-5-7-15(12-13)20-17(21)19-14-8-10-16(22-4)11-9-14/h5-12H,1-4H3,(H2,19,20,21). The Balaban J connectivity index is 2.02. The lowest BCUT2D eigenvalue weighted by atomic mass is 9.87. The van der Waals surface area contributed by atoms with E-state index in [1.807, 2.05) is 48.7 Å². The highest BCUT2D eigenvalue weighted by Gasteiger charge is 2.14. The third kappa shape index (κ3) is 4.53. The summed E-state index contributed by atoms with van der Waals surface area (Å²) in [5.74, 6) is 0. The molecule has 2 aromatic rings. The van der Waals surface area contributed by atoms with E-state index in [1.165, 1.54) is 10.5 Å². The molecule has 0 aliphatic carbocycles. The van der Waals surface area contributed by atoms with E-state index in [9.17, 15) is 4.79 Å². The molecular formula is C18H22N2OS. The second kappa shape index (κ2) is 6.88. The van der Waals surface area contributed by atoms with Crippen molar-refractivity contribution in [3.63, 3.8) is 0 Å². The van der Waals surface area contributed by atoms with Gasteiger partial charge in [-0.1, -0.05) is 32.9 Å². The molecular weight excluding hydrogens is 292 g/mol. The summed E-state index contributed by atoms with van der Waals surface area (Å²) in [4.78, 5) is 13.2. The Morgan fingerprint density at radius 3 is 2.18 bits per heavy atom. The molecule has 0 aliphatic heterocycles. The van der Waals surface area contributed by atoms with E-state index < -0.39 is 0 Å². The van der Waals surface area contributed by atoms with Gasteiger partial charge in [0, 0.05) is 16.3 Å². The summed E-state index contributed by atoms with van der Waals surface area (Å²) in [6, 6.07) is 15.5. The lowest BCUT2D eigenvalue weighted by Gasteiger charge is -2.20. The quantitative estimate of drug-likeness (QED) is 0.750. The first-order valence-corrected chi connectivity index (χ1v) is 8.43. The molecule has 0 aliphatic rings. The van der Waals surface area contributed by atoms with E-state index in [0.717, 1.165) is 11.4 Å². The van der Waals surface area contributed by atoms with E-state index in [0.29, 0.717) is 0 Å². The molecule has 0 radical (unpaired) electrons. The molecule has 4 heteroatoms. The first-order valence-electron chi connectivity index (χ1n) is 7.21. The summed E-state index contributed by atoms with van der Waals surface area (Å²) in [5.41, 5.74) is 2.82. The summed E-state index contributed by atoms with van der Waals surface area (Å²) in [5, 5.41) is 5.72. The molecule has 22 heavy (non-hydrogen) atoms. The largest absolute Gasteiger partial charge is 0.323 e. The summed E-state index contributed by atoms with van der Waals surface area (Å²) < 4.78 is 0. The van der Waals surface area contributed by atoms with Gasteiger partial charge in [0.2, 0.25) is 0 Å². The Kier molecular flexibility index (Phi) is 5.14. The Labute approximate surface area is 136 Å². The molecule has 0 unspecified atom stereocenters. The van der Waals surface area contributed by atoms with Crippen LogP contribution in [0.1, 0.15) is 26.3 Å². The number of thioether (sulfide) groups is 1. The van der Waals surface area contributed by atoms with Crippen LogP contribution < -0.4 is 10.6 Å². The molecule has 2 aromatic carbocycles. The lowest BCUT2D eigenvalue weighted by Crippen LogP contribution is -2.20. The first-order chi connectivity index (χ1) is 10.4. The van der Waals surface area contributed by atoms with E-state index in [4.69, 9.17) is 0 Å². The molecule has 0 fully saturated rings. The van der Waals surface area contributed by atoms with Crippen LogP contribution in [0.4, 0.5) is 16.2 Å². The van der Waals surface area contributed by atoms with Gasteiger partial charge < -0.3 is 10.6 Å². The van der Waals surface area contributed by atoms with Crippen LogP contribution in [0.5, 0.6) is 0 Å². The van der Waals surface area contributed by atoms with Crippen LogP contribution in [-0.2, 0) is 5.41 Å². The van der Waals surface area contributed by atoms with Gasteiger partial charge in [-0.05, 0) is 53.6 Å². The van der Waals surface area contributed by atoms with Crippen molar-refractivity contribution in [1.82, 2.24) is 0 Å². The minimum Gasteiger partial charge on any atom is -0.308 e. The summed E-state index contributed by atoms with van der Waals surface area (Å²) >= 11 is 1.67. The van der Waals surface area contributed by atoms with Crippen molar-refractivity contribution >= 4 is 29.2 Å². The van der Waals surface area contributed by atoms with Gasteiger partial charge in [0.1, 0.15) is 0 Å². The summed E-state index contributed by atoms with van der Waals surface area (Å²) in [6.45, 7) is 6.46. The fourth-order valence-corrected chi connectivity index (χ4v) is 2.44. The van der Waals surface area contributed by atoms with Crippen LogP contribution in [0, 0.1) is 0 Å². The number of rotatable bonds is 3. The number of amides is 2. The van der Waals surface area contributed by atoms with Crippen LogP contribution >= 0.6 is 11.8 Å². The van der Waals surface area contributed by atoms with Crippen molar-refractivity contribution in [2.75, 3.05) is 16.9 Å². The number of anilines is 2. The number of nitrogens with one attached hydrogen (secondary N) is 2. The third-order valence-electron chi connectivity index (χ3n) is 3.33. The van der Waals surface area contributed by atoms with Crippen LogP contribution in [0.3, 0.4) is 0 Å². The zero-order valence-electron chi connectivity index (χ0n) is 13.4. The van der Waals surface area contributed by atoms with Crippen LogP contribution in [-0.4, -0.2) is 12.3 Å². The average Bonchev–Trinajstić information content (AvgIpc) is 2.47. The second-order valence-corrected chi connectivity index (χ2v) is 7.02. The summed E-state index contributed by atoms with van der Waals surface area (Å²) in [7, 11) is 0. The van der Waals surface area contributed by atoms with E-state index in [1.54, 1.807) is 11.8 Å². The number of urea groups is 1. The molecule has 2 rings (SSSR count). The van der Waals surface area contributed by atoms with Crippen LogP contribution in [0.15, 0.2) is 53.4 Å². The predicted octanol–water partition coefficient (Wildman–Crippen LogP) is 5.35. The van der Waals surface area contributed by atoms with Crippen molar-refractivity contribution < 1.29 is 4.79 Å². The lowest BCUT2D eigenvalue weighted by molar-refractivity contribution is 0.262. The Bertz CT molecular complexity index is 645. The van der Waals surface area contributed by atoms with Crippen molar-refractivity contribution in [2.24, 2.45) is 0 Å². The zero-order valence-corrected chi connectivity index (χ0v) is 14.3. The predicted molar refractivity (Wildman–Crippen MR) is 96.0 cm³/mol. The minimum absolute atomic E-state index is 0.0574. The molecule has 0 saturated heterocycles. The molecule has 0 saturated carbocycles. The van der Waals surface area contributed by atoms with Gasteiger partial charge in [-0.25, -0.2) is 4.79 Å². The maximum Gasteiger partial charge on any atom is 0.323 e. The molecule has 3 nitrogen and oxygen atoms in total. The monoisotopic (exact) mass is 314 g/mol. The molecule has 2 N–H and O–H groups in total. The normalized spacial score (nSPS) is 11.1. The van der Waals surface area contributed by atoms with Crippen molar-refractivity contribution in [3.05, 3.63) is 54.1 Å². The fourth-order valence-electron chi connectivity index (χ4n) is 2.03. The van der Waals surface area contributed by atoms with Gasteiger partial charge in [-0.3, -0.25) is 0 Å². The second-order valence-electron chi connectivity index (χ2n) is 6.14. The Hall–Kier alpha value is -1.94. The number of carbonyl (C=O) groups excluding carboxylic acids is 1. The van der Waals surface area contributed by atoms with Gasteiger partial charge in [-0.2, -0.15) is 0 Å². The fraction of sp³-hybridized carbons (Fsp3) is 0.278. The van der Waals surface area contributed by atoms with E-state index in [-0.39, 0.29) is 11.4 Å². The number of hydrogen-bond acceptors (Lipinski definition) is 2. The smallest absolute Gasteiger partial charge is 0.308 e. The Morgan fingerprint density at radius 1 is 0.955 bits per heavy atom. The SMILES string of the molecule is CSc1ccc(NC(=O)Nc2cccc(C(C)(C)C)c2)cc1. The highest BCUT2D eigenvalue weighted by molar-refractivity contribution is 7.98. The molecule has 0 heterocycles. The van der Waals surface area contributed by atoms with Crippen molar-refractivity contribution in [2.45, 2.75) is 31.1 Å². The molecule has 0 aromatic heterocycles. The highest BCUT2D eigenvalue weighted by atomic mass is 32.2. The molecule has 116 valence electrons. The van der Waals surface area contributed by atoms with Crippen LogP contribution in [0.25, 0.3) is 0 Å². The van der Waals surface area contributed by atoms with Gasteiger partial charge in [0.05, 0.1) is 0 Å². The molecule has 2 amide bonds. The zero-order chi connectivity index (χ0) is 16.2. The van der Waals surface area contributed by atoms with E-state index in [2.05, 4.69) is 37.5 Å².